The van der Waals surface area contributed by atoms with E-state index in [1.165, 1.54) is 0 Å². The molecule has 0 aliphatic heterocycles. The molecule has 0 spiro atoms. The van der Waals surface area contributed by atoms with Gasteiger partial charge in [0.1, 0.15) is 0 Å². The number of carbonyl (C=O) groups is 1. The van der Waals surface area contributed by atoms with Crippen molar-refractivity contribution in [3.63, 3.8) is 0 Å². The fourth-order valence-electron chi connectivity index (χ4n) is 1.17. The number of nitrogens with one attached hydrogen (secondary N) is 3. The predicted molar refractivity (Wildman–Crippen MR) is 66.8 cm³/mol. The van der Waals surface area contributed by atoms with Gasteiger partial charge in [-0.05, 0) is 13.8 Å². The highest BCUT2D eigenvalue weighted by Crippen LogP contribution is 2.01. The van der Waals surface area contributed by atoms with Crippen molar-refractivity contribution in [2.24, 2.45) is 0 Å². The molecule has 0 bridgehead atoms. The number of hydrogen-bond acceptors (Lipinski definition) is 4. The van der Waals surface area contributed by atoms with Gasteiger partial charge in [-0.15, -0.1) is 6.42 Å². The fourth-order valence-corrected chi connectivity index (χ4v) is 2.24. The van der Waals surface area contributed by atoms with Crippen LogP contribution in [0.3, 0.4) is 0 Å². The monoisotopic (exact) mass is 261 g/mol. The van der Waals surface area contributed by atoms with Crippen molar-refractivity contribution in [3.8, 4) is 12.3 Å². The zero-order valence-corrected chi connectivity index (χ0v) is 11.1. The summed E-state index contributed by atoms with van der Waals surface area (Å²) in [5, 5.41) is 5.34. The van der Waals surface area contributed by atoms with Crippen LogP contribution in [0.4, 0.5) is 0 Å². The lowest BCUT2D eigenvalue weighted by atomic mass is 10.1. The normalized spacial score (nSPS) is 11.9. The Balaban J connectivity index is 4.02. The Morgan fingerprint density at radius 3 is 2.47 bits per heavy atom. The number of amides is 1. The quantitative estimate of drug-likeness (QED) is 0.391. The molecule has 0 saturated carbocycles. The number of carbonyl (C=O) groups excluding carboxylic acids is 1. The Kier molecular flexibility index (Phi) is 6.16. The number of terminal acetylenes is 1. The molecule has 0 aliphatic carbocycles. The smallest absolute Gasteiger partial charge is 0.234 e. The minimum absolute atomic E-state index is 0.110. The van der Waals surface area contributed by atoms with Crippen LogP contribution in [0.5, 0.6) is 0 Å². The first-order valence-electron chi connectivity index (χ1n) is 5.06. The zero-order chi connectivity index (χ0) is 13.5. The highest BCUT2D eigenvalue weighted by Gasteiger charge is 2.22. The second-order valence-corrected chi connectivity index (χ2v) is 6.09. The van der Waals surface area contributed by atoms with Gasteiger partial charge in [0.05, 0.1) is 19.3 Å². The maximum atomic E-state index is 11.3. The molecule has 0 heterocycles. The first kappa shape index (κ1) is 15.9. The second-order valence-electron chi connectivity index (χ2n) is 4.34. The van der Waals surface area contributed by atoms with E-state index in [4.69, 9.17) is 6.42 Å². The van der Waals surface area contributed by atoms with Crippen molar-refractivity contribution in [1.82, 2.24) is 15.4 Å². The summed E-state index contributed by atoms with van der Waals surface area (Å²) in [6.07, 6.45) is 6.08. The standard InChI is InChI=1S/C10H19N3O3S/c1-5-6-11-7-9(14)12-8-10(2,3)13-17(4,15)16/h1,11,13H,6-8H2,2-4H3,(H,12,14). The molecular formula is C10H19N3O3S. The van der Waals surface area contributed by atoms with Crippen LogP contribution >= 0.6 is 0 Å². The van der Waals surface area contributed by atoms with Gasteiger partial charge in [-0.1, -0.05) is 5.92 Å². The van der Waals surface area contributed by atoms with Gasteiger partial charge in [0, 0.05) is 12.1 Å². The van der Waals surface area contributed by atoms with E-state index in [2.05, 4.69) is 21.3 Å². The Hall–Kier alpha value is -1.10. The van der Waals surface area contributed by atoms with Crippen molar-refractivity contribution in [3.05, 3.63) is 0 Å². The molecule has 98 valence electrons. The van der Waals surface area contributed by atoms with E-state index >= 15 is 0 Å². The van der Waals surface area contributed by atoms with Crippen molar-refractivity contribution >= 4 is 15.9 Å². The Bertz CT molecular complexity index is 396. The van der Waals surface area contributed by atoms with Crippen LogP contribution in [0.15, 0.2) is 0 Å². The van der Waals surface area contributed by atoms with Gasteiger partial charge in [0.15, 0.2) is 0 Å². The lowest BCUT2D eigenvalue weighted by molar-refractivity contribution is -0.120. The Morgan fingerprint density at radius 2 is 2.00 bits per heavy atom. The lowest BCUT2D eigenvalue weighted by Gasteiger charge is -2.25. The van der Waals surface area contributed by atoms with E-state index < -0.39 is 15.6 Å². The van der Waals surface area contributed by atoms with E-state index in [0.29, 0.717) is 6.54 Å². The summed E-state index contributed by atoms with van der Waals surface area (Å²) >= 11 is 0. The minimum Gasteiger partial charge on any atom is -0.353 e. The van der Waals surface area contributed by atoms with Gasteiger partial charge in [-0.3, -0.25) is 10.1 Å². The minimum atomic E-state index is -3.29. The molecule has 0 rings (SSSR count). The number of sulfonamides is 1. The molecule has 7 heteroatoms. The molecule has 1 amide bonds. The largest absolute Gasteiger partial charge is 0.353 e. The maximum Gasteiger partial charge on any atom is 0.234 e. The van der Waals surface area contributed by atoms with Crippen LogP contribution in [-0.2, 0) is 14.8 Å². The van der Waals surface area contributed by atoms with E-state index in [1.54, 1.807) is 13.8 Å². The summed E-state index contributed by atoms with van der Waals surface area (Å²) in [5.41, 5.74) is -0.727. The molecule has 0 unspecified atom stereocenters. The van der Waals surface area contributed by atoms with E-state index in [1.807, 2.05) is 0 Å². The van der Waals surface area contributed by atoms with Crippen LogP contribution in [0.25, 0.3) is 0 Å². The lowest BCUT2D eigenvalue weighted by Crippen LogP contribution is -2.52. The summed E-state index contributed by atoms with van der Waals surface area (Å²) in [6.45, 7) is 4.00. The highest BCUT2D eigenvalue weighted by atomic mass is 32.2. The molecule has 3 N–H and O–H groups in total. The molecule has 0 fully saturated rings. The highest BCUT2D eigenvalue weighted by molar-refractivity contribution is 7.88. The Morgan fingerprint density at radius 1 is 1.41 bits per heavy atom. The average Bonchev–Trinajstić information content (AvgIpc) is 2.12. The van der Waals surface area contributed by atoms with E-state index in [9.17, 15) is 13.2 Å². The zero-order valence-electron chi connectivity index (χ0n) is 10.3. The van der Waals surface area contributed by atoms with Crippen LogP contribution in [0, 0.1) is 12.3 Å². The first-order valence-corrected chi connectivity index (χ1v) is 6.95. The van der Waals surface area contributed by atoms with E-state index in [-0.39, 0.29) is 19.0 Å². The van der Waals surface area contributed by atoms with Gasteiger partial charge in [0.2, 0.25) is 15.9 Å². The number of rotatable bonds is 7. The summed E-state index contributed by atoms with van der Waals surface area (Å²) in [7, 11) is -3.29. The Labute approximate surface area is 103 Å². The third-order valence-electron chi connectivity index (χ3n) is 1.70. The van der Waals surface area contributed by atoms with Crippen LogP contribution in [0.1, 0.15) is 13.8 Å². The summed E-state index contributed by atoms with van der Waals surface area (Å²) in [6, 6.07) is 0. The average molecular weight is 261 g/mol. The molecule has 0 aromatic rings. The van der Waals surface area contributed by atoms with Gasteiger partial charge in [-0.2, -0.15) is 0 Å². The second kappa shape index (κ2) is 6.59. The molecule has 0 saturated heterocycles. The van der Waals surface area contributed by atoms with Crippen molar-refractivity contribution in [1.29, 1.82) is 0 Å². The SMILES string of the molecule is C#CCNCC(=O)NCC(C)(C)NS(C)(=O)=O. The fraction of sp³-hybridized carbons (Fsp3) is 0.700. The van der Waals surface area contributed by atoms with Crippen molar-refractivity contribution in [2.45, 2.75) is 19.4 Å². The summed E-state index contributed by atoms with van der Waals surface area (Å²) < 4.78 is 24.5. The van der Waals surface area contributed by atoms with Gasteiger partial charge in [-0.25, -0.2) is 13.1 Å². The first-order chi connectivity index (χ1) is 7.66. The third kappa shape index (κ3) is 9.81. The summed E-state index contributed by atoms with van der Waals surface area (Å²) in [4.78, 5) is 11.3. The van der Waals surface area contributed by atoms with Crippen LogP contribution in [0.2, 0.25) is 0 Å². The number of hydrogen-bond donors (Lipinski definition) is 3. The molecule has 0 atom stereocenters. The predicted octanol–water partition coefficient (Wildman–Crippen LogP) is -1.35. The van der Waals surface area contributed by atoms with E-state index in [0.717, 1.165) is 6.26 Å². The van der Waals surface area contributed by atoms with Gasteiger partial charge in [0.25, 0.3) is 0 Å². The van der Waals surface area contributed by atoms with Crippen molar-refractivity contribution < 1.29 is 13.2 Å². The van der Waals surface area contributed by atoms with Crippen molar-refractivity contribution in [2.75, 3.05) is 25.9 Å². The molecule has 0 radical (unpaired) electrons. The molecule has 17 heavy (non-hydrogen) atoms. The topological polar surface area (TPSA) is 87.3 Å². The van der Waals surface area contributed by atoms with Gasteiger partial charge < -0.3 is 5.32 Å². The maximum absolute atomic E-state index is 11.3. The summed E-state index contributed by atoms with van der Waals surface area (Å²) in [5.74, 6) is 2.11. The van der Waals surface area contributed by atoms with Gasteiger partial charge >= 0.3 is 0 Å². The molecule has 0 aliphatic rings. The van der Waals surface area contributed by atoms with Crippen LogP contribution < -0.4 is 15.4 Å². The molecule has 0 aromatic carbocycles. The molecule has 6 nitrogen and oxygen atoms in total. The van der Waals surface area contributed by atoms with Crippen LogP contribution in [-0.4, -0.2) is 45.8 Å². The molecule has 0 aromatic heterocycles. The molecular weight excluding hydrogens is 242 g/mol. The third-order valence-corrected chi connectivity index (χ3v) is 2.63.